The van der Waals surface area contributed by atoms with Crippen LogP contribution in [0.4, 0.5) is 0 Å². The summed E-state index contributed by atoms with van der Waals surface area (Å²) in [6.07, 6.45) is 2.18. The van der Waals surface area contributed by atoms with Gasteiger partial charge in [-0.05, 0) is 47.5 Å². The largest absolute Gasteiger partial charge is 0.351 e. The molecule has 0 saturated heterocycles. The smallest absolute Gasteiger partial charge is 0.262 e. The average molecular weight is 498 g/mol. The quantitative estimate of drug-likeness (QED) is 0.382. The number of nitrogens with zero attached hydrogens (tertiary/aromatic N) is 2. The number of para-hydroxylation sites is 1. The van der Waals surface area contributed by atoms with E-state index in [-0.39, 0.29) is 15.7 Å². The SMILES string of the molecule is O=C(NCCCc1nc2ccccc2s1)c1sccc1S(=O)(=O)N1CCc2ccccc2C1. The summed E-state index contributed by atoms with van der Waals surface area (Å²) in [5.41, 5.74) is 3.19. The molecule has 1 aliphatic heterocycles. The zero-order chi connectivity index (χ0) is 22.8. The number of benzene rings is 2. The van der Waals surface area contributed by atoms with Crippen LogP contribution in [0.25, 0.3) is 10.2 Å². The zero-order valence-corrected chi connectivity index (χ0v) is 20.3. The summed E-state index contributed by atoms with van der Waals surface area (Å²) in [5.74, 6) is -0.342. The molecule has 2 aromatic heterocycles. The molecule has 9 heteroatoms. The van der Waals surface area contributed by atoms with E-state index >= 15 is 0 Å². The molecule has 0 bridgehead atoms. The summed E-state index contributed by atoms with van der Waals surface area (Å²) >= 11 is 2.83. The Hall–Kier alpha value is -2.59. The fourth-order valence-corrected chi connectivity index (χ4v) is 7.77. The van der Waals surface area contributed by atoms with E-state index in [2.05, 4.69) is 16.4 Å². The van der Waals surface area contributed by atoms with Gasteiger partial charge in [0.1, 0.15) is 9.77 Å². The standard InChI is InChI=1S/C24H23N3O3S3/c28-24(25-13-5-10-22-26-19-8-3-4-9-20(19)32-22)23-21(12-15-31-23)33(29,30)27-14-11-17-6-1-2-7-18(17)16-27/h1-4,6-9,12,15H,5,10-11,13-14,16H2,(H,25,28). The van der Waals surface area contributed by atoms with E-state index in [1.807, 2.05) is 42.5 Å². The molecular formula is C24H23N3O3S3. The molecule has 0 radical (unpaired) electrons. The molecule has 170 valence electrons. The van der Waals surface area contributed by atoms with Crippen molar-refractivity contribution in [2.75, 3.05) is 13.1 Å². The van der Waals surface area contributed by atoms with Crippen molar-refractivity contribution in [2.24, 2.45) is 0 Å². The number of aromatic nitrogens is 1. The minimum Gasteiger partial charge on any atom is -0.351 e. The highest BCUT2D eigenvalue weighted by Gasteiger charge is 2.32. The molecule has 1 aliphatic rings. The number of fused-ring (bicyclic) bond motifs is 2. The maximum absolute atomic E-state index is 13.3. The van der Waals surface area contributed by atoms with Crippen molar-refractivity contribution in [2.45, 2.75) is 30.7 Å². The van der Waals surface area contributed by atoms with Crippen LogP contribution in [0.15, 0.2) is 64.9 Å². The Kier molecular flexibility index (Phi) is 6.29. The molecule has 4 aromatic rings. The highest BCUT2D eigenvalue weighted by atomic mass is 32.2. The van der Waals surface area contributed by atoms with Gasteiger partial charge in [-0.25, -0.2) is 13.4 Å². The molecule has 6 nitrogen and oxygen atoms in total. The first-order valence-corrected chi connectivity index (χ1v) is 13.9. The molecule has 0 saturated carbocycles. The lowest BCUT2D eigenvalue weighted by molar-refractivity contribution is 0.0954. The second kappa shape index (κ2) is 9.34. The van der Waals surface area contributed by atoms with Crippen molar-refractivity contribution in [1.29, 1.82) is 0 Å². The van der Waals surface area contributed by atoms with Crippen LogP contribution in [-0.2, 0) is 29.4 Å². The number of rotatable bonds is 7. The Balaban J connectivity index is 1.22. The fraction of sp³-hybridized carbons (Fsp3) is 0.250. The third kappa shape index (κ3) is 4.59. The van der Waals surface area contributed by atoms with E-state index in [4.69, 9.17) is 0 Å². The van der Waals surface area contributed by atoms with Crippen LogP contribution in [0, 0.1) is 0 Å². The molecular weight excluding hydrogens is 474 g/mol. The van der Waals surface area contributed by atoms with E-state index in [1.54, 1.807) is 16.7 Å². The molecule has 0 spiro atoms. The molecule has 2 aromatic carbocycles. The minimum absolute atomic E-state index is 0.0931. The first-order valence-electron chi connectivity index (χ1n) is 10.8. The minimum atomic E-state index is -3.75. The second-order valence-corrected chi connectivity index (χ2v) is 11.8. The highest BCUT2D eigenvalue weighted by Crippen LogP contribution is 2.29. The lowest BCUT2D eigenvalue weighted by Crippen LogP contribution is -2.36. The number of thiophene rings is 1. The topological polar surface area (TPSA) is 79.4 Å². The third-order valence-electron chi connectivity index (χ3n) is 5.74. The van der Waals surface area contributed by atoms with Gasteiger partial charge in [-0.15, -0.1) is 22.7 Å². The van der Waals surface area contributed by atoms with Crippen LogP contribution in [0.3, 0.4) is 0 Å². The number of thiazole rings is 1. The van der Waals surface area contributed by atoms with E-state index in [9.17, 15) is 13.2 Å². The van der Waals surface area contributed by atoms with Crippen LogP contribution in [0.1, 0.15) is 32.2 Å². The molecule has 33 heavy (non-hydrogen) atoms. The fourth-order valence-electron chi connectivity index (χ4n) is 4.03. The first-order chi connectivity index (χ1) is 16.0. The lowest BCUT2D eigenvalue weighted by atomic mass is 10.0. The molecule has 1 N–H and O–H groups in total. The van der Waals surface area contributed by atoms with Gasteiger partial charge in [0.25, 0.3) is 5.91 Å². The van der Waals surface area contributed by atoms with Crippen molar-refractivity contribution in [3.05, 3.63) is 81.0 Å². The zero-order valence-electron chi connectivity index (χ0n) is 17.9. The molecule has 1 amide bonds. The Labute approximate surface area is 201 Å². The third-order valence-corrected chi connectivity index (χ3v) is 9.77. The summed E-state index contributed by atoms with van der Waals surface area (Å²) in [5, 5.41) is 5.59. The van der Waals surface area contributed by atoms with Crippen molar-refractivity contribution >= 4 is 48.8 Å². The number of hydrogen-bond donors (Lipinski definition) is 1. The molecule has 0 unspecified atom stereocenters. The van der Waals surface area contributed by atoms with Crippen LogP contribution in [0.5, 0.6) is 0 Å². The lowest BCUT2D eigenvalue weighted by Gasteiger charge is -2.28. The predicted molar refractivity (Wildman–Crippen MR) is 132 cm³/mol. The monoisotopic (exact) mass is 497 g/mol. The average Bonchev–Trinajstić information content (AvgIpc) is 3.49. The van der Waals surface area contributed by atoms with Gasteiger partial charge in [0.15, 0.2) is 0 Å². The molecule has 0 fully saturated rings. The van der Waals surface area contributed by atoms with Gasteiger partial charge in [-0.1, -0.05) is 36.4 Å². The van der Waals surface area contributed by atoms with Gasteiger partial charge >= 0.3 is 0 Å². The maximum Gasteiger partial charge on any atom is 0.262 e. The summed E-state index contributed by atoms with van der Waals surface area (Å²) in [4.78, 5) is 17.8. The van der Waals surface area contributed by atoms with E-state index in [1.165, 1.54) is 15.9 Å². The Bertz CT molecular complexity index is 1380. The van der Waals surface area contributed by atoms with Crippen molar-refractivity contribution in [1.82, 2.24) is 14.6 Å². The second-order valence-electron chi connectivity index (χ2n) is 7.91. The molecule has 0 atom stereocenters. The number of aryl methyl sites for hydroxylation is 1. The molecule has 3 heterocycles. The van der Waals surface area contributed by atoms with Gasteiger partial charge in [-0.2, -0.15) is 4.31 Å². The van der Waals surface area contributed by atoms with Crippen LogP contribution < -0.4 is 5.32 Å². The Morgan fingerprint density at radius 2 is 1.85 bits per heavy atom. The van der Waals surface area contributed by atoms with Gasteiger partial charge in [-0.3, -0.25) is 4.79 Å². The van der Waals surface area contributed by atoms with E-state index in [0.29, 0.717) is 26.1 Å². The van der Waals surface area contributed by atoms with Crippen molar-refractivity contribution < 1.29 is 13.2 Å². The van der Waals surface area contributed by atoms with Crippen LogP contribution in [-0.4, -0.2) is 36.7 Å². The van der Waals surface area contributed by atoms with Gasteiger partial charge in [0.05, 0.1) is 15.2 Å². The normalized spacial score (nSPS) is 14.3. The van der Waals surface area contributed by atoms with Gasteiger partial charge < -0.3 is 5.32 Å². The summed E-state index contributed by atoms with van der Waals surface area (Å²) in [7, 11) is -3.75. The van der Waals surface area contributed by atoms with Crippen LogP contribution in [0.2, 0.25) is 0 Å². The molecule has 0 aliphatic carbocycles. The number of carbonyl (C=O) groups is 1. The summed E-state index contributed by atoms with van der Waals surface area (Å²) < 4.78 is 29.3. The van der Waals surface area contributed by atoms with Crippen molar-refractivity contribution in [3.63, 3.8) is 0 Å². The number of amides is 1. The van der Waals surface area contributed by atoms with E-state index in [0.717, 1.165) is 45.0 Å². The van der Waals surface area contributed by atoms with Crippen LogP contribution >= 0.6 is 22.7 Å². The number of hydrogen-bond acceptors (Lipinski definition) is 6. The number of carbonyl (C=O) groups excluding carboxylic acids is 1. The number of sulfonamides is 1. The summed E-state index contributed by atoms with van der Waals surface area (Å²) in [6, 6.07) is 17.5. The predicted octanol–water partition coefficient (Wildman–Crippen LogP) is 4.47. The molecule has 5 rings (SSSR count). The highest BCUT2D eigenvalue weighted by molar-refractivity contribution is 7.89. The maximum atomic E-state index is 13.3. The van der Waals surface area contributed by atoms with Crippen molar-refractivity contribution in [3.8, 4) is 0 Å². The van der Waals surface area contributed by atoms with Gasteiger partial charge in [0.2, 0.25) is 10.0 Å². The van der Waals surface area contributed by atoms with E-state index < -0.39 is 10.0 Å². The Morgan fingerprint density at radius 3 is 2.70 bits per heavy atom. The van der Waals surface area contributed by atoms with Gasteiger partial charge in [0, 0.05) is 26.1 Å². The summed E-state index contributed by atoms with van der Waals surface area (Å²) in [6.45, 7) is 1.21. The Morgan fingerprint density at radius 1 is 1.06 bits per heavy atom. The first kappa shape index (κ1) is 22.2. The number of nitrogens with one attached hydrogen (secondary N) is 1.